The molecule has 6 nitrogen and oxygen atoms in total. The lowest BCUT2D eigenvalue weighted by atomic mass is 10.1. The second kappa shape index (κ2) is 3.28. The number of hydrogen-bond donors (Lipinski definition) is 1. The van der Waals surface area contributed by atoms with E-state index in [2.05, 4.69) is 4.98 Å². The number of hydrogen-bond acceptors (Lipinski definition) is 5. The van der Waals surface area contributed by atoms with Gasteiger partial charge in [0.05, 0.1) is 20.7 Å². The molecule has 0 saturated heterocycles. The minimum Gasteiger partial charge on any atom is -0.365 e. The first-order chi connectivity index (χ1) is 7.09. The van der Waals surface area contributed by atoms with E-state index in [1.54, 1.807) is 5.51 Å². The van der Waals surface area contributed by atoms with Crippen LogP contribution in [0.5, 0.6) is 0 Å². The molecule has 0 spiro atoms. The van der Waals surface area contributed by atoms with E-state index >= 15 is 0 Å². The van der Waals surface area contributed by atoms with Crippen LogP contribution in [-0.4, -0.2) is 15.8 Å². The third-order valence-corrected chi connectivity index (χ3v) is 2.70. The summed E-state index contributed by atoms with van der Waals surface area (Å²) in [6, 6.07) is 2.65. The number of nitrogens with zero attached hydrogens (tertiary/aromatic N) is 2. The topological polar surface area (TPSA) is 99.1 Å². The molecule has 1 amide bonds. The van der Waals surface area contributed by atoms with Crippen LogP contribution >= 0.6 is 11.3 Å². The van der Waals surface area contributed by atoms with Crippen molar-refractivity contribution >= 4 is 33.1 Å². The molecule has 0 aliphatic carbocycles. The van der Waals surface area contributed by atoms with Crippen LogP contribution in [0.2, 0.25) is 0 Å². The number of nitro groups is 1. The highest BCUT2D eigenvalue weighted by Gasteiger charge is 2.19. The van der Waals surface area contributed by atoms with Gasteiger partial charge in [-0.3, -0.25) is 14.9 Å². The number of benzene rings is 1. The van der Waals surface area contributed by atoms with Crippen molar-refractivity contribution in [3.8, 4) is 0 Å². The Morgan fingerprint density at radius 2 is 2.27 bits per heavy atom. The number of nitro benzene ring substituents is 1. The summed E-state index contributed by atoms with van der Waals surface area (Å²) in [5.74, 6) is -0.808. The number of rotatable bonds is 2. The number of thiazole rings is 1. The van der Waals surface area contributed by atoms with E-state index in [1.165, 1.54) is 23.5 Å². The van der Waals surface area contributed by atoms with Crippen molar-refractivity contribution in [1.82, 2.24) is 4.98 Å². The summed E-state index contributed by atoms with van der Waals surface area (Å²) in [7, 11) is 0. The number of carbonyl (C=O) groups is 1. The molecule has 7 heteroatoms. The van der Waals surface area contributed by atoms with Gasteiger partial charge in [0.25, 0.3) is 11.6 Å². The zero-order valence-corrected chi connectivity index (χ0v) is 8.15. The minimum atomic E-state index is -0.808. The van der Waals surface area contributed by atoms with Gasteiger partial charge in [-0.05, 0) is 6.07 Å². The van der Waals surface area contributed by atoms with Crippen LogP contribution in [0.25, 0.3) is 10.2 Å². The highest BCUT2D eigenvalue weighted by atomic mass is 32.1. The van der Waals surface area contributed by atoms with E-state index in [4.69, 9.17) is 5.73 Å². The predicted octanol–water partition coefficient (Wildman–Crippen LogP) is 1.30. The second-order valence-corrected chi connectivity index (χ2v) is 3.70. The monoisotopic (exact) mass is 223 g/mol. The van der Waals surface area contributed by atoms with Gasteiger partial charge in [0.15, 0.2) is 0 Å². The minimum absolute atomic E-state index is 0.0863. The van der Waals surface area contributed by atoms with E-state index in [1.807, 2.05) is 0 Å². The Hall–Kier alpha value is -2.02. The zero-order valence-electron chi connectivity index (χ0n) is 7.34. The fraction of sp³-hybridized carbons (Fsp3) is 0. The number of primary amides is 1. The summed E-state index contributed by atoms with van der Waals surface area (Å²) in [6.07, 6.45) is 0. The molecule has 0 atom stereocenters. The molecule has 76 valence electrons. The van der Waals surface area contributed by atoms with Crippen LogP contribution in [0.3, 0.4) is 0 Å². The average Bonchev–Trinajstić information content (AvgIpc) is 2.61. The lowest BCUT2D eigenvalue weighted by Gasteiger charge is -1.97. The maximum absolute atomic E-state index is 11.0. The summed E-state index contributed by atoms with van der Waals surface area (Å²) in [5.41, 5.74) is 6.71. The highest BCUT2D eigenvalue weighted by Crippen LogP contribution is 2.27. The number of nitrogens with two attached hydrogens (primary N) is 1. The standard InChI is InChI=1S/C8H5N3O3S/c9-8(12)4-1-7-5(10-3-15-7)2-6(4)11(13)14/h1-3H,(H2,9,12). The molecule has 1 aromatic heterocycles. The first-order valence-corrected chi connectivity index (χ1v) is 4.79. The van der Waals surface area contributed by atoms with Crippen LogP contribution in [-0.2, 0) is 0 Å². The molecular weight excluding hydrogens is 218 g/mol. The predicted molar refractivity (Wildman–Crippen MR) is 54.8 cm³/mol. The Morgan fingerprint density at radius 3 is 2.87 bits per heavy atom. The van der Waals surface area contributed by atoms with E-state index in [-0.39, 0.29) is 11.3 Å². The normalized spacial score (nSPS) is 10.4. The Bertz CT molecular complexity index is 515. The molecule has 0 radical (unpaired) electrons. The number of fused-ring (bicyclic) bond motifs is 1. The average molecular weight is 223 g/mol. The van der Waals surface area contributed by atoms with Crippen molar-refractivity contribution in [3.05, 3.63) is 33.3 Å². The highest BCUT2D eigenvalue weighted by molar-refractivity contribution is 7.16. The summed E-state index contributed by atoms with van der Waals surface area (Å²) in [6.45, 7) is 0. The smallest absolute Gasteiger partial charge is 0.284 e. The van der Waals surface area contributed by atoms with E-state index in [0.717, 1.165) is 0 Å². The van der Waals surface area contributed by atoms with Crippen molar-refractivity contribution < 1.29 is 9.72 Å². The Labute approximate surface area is 87.5 Å². The molecule has 2 N–H and O–H groups in total. The molecule has 0 bridgehead atoms. The first-order valence-electron chi connectivity index (χ1n) is 3.91. The summed E-state index contributed by atoms with van der Waals surface area (Å²) >= 11 is 1.30. The van der Waals surface area contributed by atoms with Crippen LogP contribution in [0, 0.1) is 10.1 Å². The van der Waals surface area contributed by atoms with E-state index in [9.17, 15) is 14.9 Å². The van der Waals surface area contributed by atoms with Crippen molar-refractivity contribution in [2.24, 2.45) is 5.73 Å². The third kappa shape index (κ3) is 1.52. The van der Waals surface area contributed by atoms with Gasteiger partial charge < -0.3 is 5.73 Å². The van der Waals surface area contributed by atoms with Gasteiger partial charge in [-0.25, -0.2) is 4.98 Å². The number of aromatic nitrogens is 1. The molecule has 0 fully saturated rings. The second-order valence-electron chi connectivity index (χ2n) is 2.81. The fourth-order valence-corrected chi connectivity index (χ4v) is 1.94. The zero-order chi connectivity index (χ0) is 11.0. The molecule has 0 unspecified atom stereocenters. The molecule has 15 heavy (non-hydrogen) atoms. The van der Waals surface area contributed by atoms with Crippen LogP contribution in [0.4, 0.5) is 5.69 Å². The van der Waals surface area contributed by atoms with Crippen molar-refractivity contribution in [2.45, 2.75) is 0 Å². The van der Waals surface area contributed by atoms with Crippen LogP contribution < -0.4 is 5.73 Å². The van der Waals surface area contributed by atoms with Crippen LogP contribution in [0.15, 0.2) is 17.6 Å². The molecule has 2 rings (SSSR count). The Kier molecular flexibility index (Phi) is 2.09. The maximum atomic E-state index is 11.0. The first kappa shape index (κ1) is 9.53. The molecule has 0 aliphatic heterocycles. The van der Waals surface area contributed by atoms with Gasteiger partial charge in [-0.2, -0.15) is 0 Å². The lowest BCUT2D eigenvalue weighted by Crippen LogP contribution is -2.13. The van der Waals surface area contributed by atoms with E-state index in [0.29, 0.717) is 10.2 Å². The molecule has 1 aromatic carbocycles. The van der Waals surface area contributed by atoms with Crippen molar-refractivity contribution in [1.29, 1.82) is 0 Å². The Balaban J connectivity index is 2.79. The van der Waals surface area contributed by atoms with Gasteiger partial charge in [0.1, 0.15) is 5.56 Å². The molecule has 0 saturated carbocycles. The van der Waals surface area contributed by atoms with E-state index < -0.39 is 10.8 Å². The lowest BCUT2D eigenvalue weighted by molar-refractivity contribution is -0.385. The molecule has 0 aliphatic rings. The molecule has 1 heterocycles. The Morgan fingerprint density at radius 1 is 1.53 bits per heavy atom. The van der Waals surface area contributed by atoms with Gasteiger partial charge >= 0.3 is 0 Å². The number of amides is 1. The SMILES string of the molecule is NC(=O)c1cc2scnc2cc1[N+](=O)[O-]. The molecular formula is C8H5N3O3S. The van der Waals surface area contributed by atoms with Gasteiger partial charge in [-0.15, -0.1) is 11.3 Å². The summed E-state index contributed by atoms with van der Waals surface area (Å²) in [4.78, 5) is 24.9. The maximum Gasteiger partial charge on any atom is 0.284 e. The molecule has 2 aromatic rings. The third-order valence-electron chi connectivity index (χ3n) is 1.91. The summed E-state index contributed by atoms with van der Waals surface area (Å²) < 4.78 is 0.703. The summed E-state index contributed by atoms with van der Waals surface area (Å²) in [5, 5.41) is 10.7. The van der Waals surface area contributed by atoms with Crippen molar-refractivity contribution in [2.75, 3.05) is 0 Å². The number of carbonyl (C=O) groups excluding carboxylic acids is 1. The largest absolute Gasteiger partial charge is 0.365 e. The quantitative estimate of drug-likeness (QED) is 0.612. The fourth-order valence-electron chi connectivity index (χ4n) is 1.24. The van der Waals surface area contributed by atoms with Crippen LogP contribution in [0.1, 0.15) is 10.4 Å². The van der Waals surface area contributed by atoms with Gasteiger partial charge in [-0.1, -0.05) is 0 Å². The van der Waals surface area contributed by atoms with Crippen molar-refractivity contribution in [3.63, 3.8) is 0 Å². The van der Waals surface area contributed by atoms with Gasteiger partial charge in [0.2, 0.25) is 0 Å². The van der Waals surface area contributed by atoms with Gasteiger partial charge in [0, 0.05) is 6.07 Å².